The minimum absolute atomic E-state index is 0.00918. The van der Waals surface area contributed by atoms with Crippen molar-refractivity contribution in [1.82, 2.24) is 0 Å². The number of alkyl halides is 3. The van der Waals surface area contributed by atoms with Gasteiger partial charge in [-0.25, -0.2) is 8.42 Å². The van der Waals surface area contributed by atoms with Gasteiger partial charge in [-0.15, -0.1) is 11.3 Å². The molecule has 1 aromatic carbocycles. The monoisotopic (exact) mass is 385 g/mol. The first-order valence-corrected chi connectivity index (χ1v) is 8.29. The Morgan fingerprint density at radius 2 is 1.90 bits per heavy atom. The van der Waals surface area contributed by atoms with Crippen molar-refractivity contribution in [3.63, 3.8) is 0 Å². The summed E-state index contributed by atoms with van der Waals surface area (Å²) in [5, 5.41) is 1.56. The summed E-state index contributed by atoms with van der Waals surface area (Å²) in [5.41, 5.74) is -1.05. The van der Waals surface area contributed by atoms with Gasteiger partial charge in [0.25, 0.3) is 10.0 Å². The van der Waals surface area contributed by atoms with E-state index in [0.717, 1.165) is 29.5 Å². The molecule has 1 N–H and O–H groups in total. The highest BCUT2D eigenvalue weighted by Gasteiger charge is 2.31. The fourth-order valence-corrected chi connectivity index (χ4v) is 4.82. The van der Waals surface area contributed by atoms with E-state index in [1.807, 2.05) is 0 Å². The standard InChI is InChI=1S/C11H7BrF3NO2S2/c12-9-4-5-19-10(9)20(17,18)16-8-3-1-2-7(6-8)11(13,14)15/h1-6,16H. The number of rotatable bonds is 3. The SMILES string of the molecule is O=S(=O)(Nc1cccc(C(F)(F)F)c1)c1sccc1Br. The zero-order valence-electron chi connectivity index (χ0n) is 9.61. The quantitative estimate of drug-likeness (QED) is 0.854. The molecule has 1 aromatic heterocycles. The van der Waals surface area contributed by atoms with Crippen molar-refractivity contribution >= 4 is 43.0 Å². The van der Waals surface area contributed by atoms with Gasteiger partial charge in [0.1, 0.15) is 0 Å². The van der Waals surface area contributed by atoms with Crippen molar-refractivity contribution in [3.05, 3.63) is 45.7 Å². The maximum absolute atomic E-state index is 12.6. The summed E-state index contributed by atoms with van der Waals surface area (Å²) in [6, 6.07) is 5.57. The van der Waals surface area contributed by atoms with E-state index in [-0.39, 0.29) is 9.90 Å². The lowest BCUT2D eigenvalue weighted by Crippen LogP contribution is -2.13. The van der Waals surface area contributed by atoms with Crippen LogP contribution in [0.2, 0.25) is 0 Å². The number of hydrogen-bond donors (Lipinski definition) is 1. The Hall–Kier alpha value is -1.06. The fourth-order valence-electron chi connectivity index (χ4n) is 1.43. The molecule has 0 atom stereocenters. The lowest BCUT2D eigenvalue weighted by atomic mass is 10.2. The van der Waals surface area contributed by atoms with Crippen LogP contribution in [0.3, 0.4) is 0 Å². The molecule has 0 amide bonds. The molecule has 0 aliphatic rings. The van der Waals surface area contributed by atoms with E-state index in [1.54, 1.807) is 11.4 Å². The average molecular weight is 386 g/mol. The van der Waals surface area contributed by atoms with Crippen molar-refractivity contribution < 1.29 is 21.6 Å². The molecule has 0 aliphatic carbocycles. The summed E-state index contributed by atoms with van der Waals surface area (Å²) in [6.45, 7) is 0. The minimum atomic E-state index is -4.52. The van der Waals surface area contributed by atoms with E-state index in [1.165, 1.54) is 6.07 Å². The Morgan fingerprint density at radius 3 is 2.45 bits per heavy atom. The van der Waals surface area contributed by atoms with E-state index in [4.69, 9.17) is 0 Å². The molecule has 1 heterocycles. The topological polar surface area (TPSA) is 46.2 Å². The lowest BCUT2D eigenvalue weighted by molar-refractivity contribution is -0.137. The van der Waals surface area contributed by atoms with Gasteiger partial charge in [-0.3, -0.25) is 4.72 Å². The molecular formula is C11H7BrF3NO2S2. The first kappa shape index (κ1) is 15.3. The van der Waals surface area contributed by atoms with Crippen LogP contribution in [0.5, 0.6) is 0 Å². The van der Waals surface area contributed by atoms with Crippen molar-refractivity contribution in [2.75, 3.05) is 4.72 Å². The molecule has 0 fully saturated rings. The second-order valence-electron chi connectivity index (χ2n) is 3.74. The number of thiophene rings is 1. The molecule has 3 nitrogen and oxygen atoms in total. The van der Waals surface area contributed by atoms with Crippen LogP contribution in [0.25, 0.3) is 0 Å². The molecule has 0 aliphatic heterocycles. The van der Waals surface area contributed by atoms with E-state index in [9.17, 15) is 21.6 Å². The molecule has 0 bridgehead atoms. The summed E-state index contributed by atoms with van der Waals surface area (Å²) in [6.07, 6.45) is -4.52. The van der Waals surface area contributed by atoms with Gasteiger partial charge < -0.3 is 0 Å². The highest BCUT2D eigenvalue weighted by atomic mass is 79.9. The minimum Gasteiger partial charge on any atom is -0.279 e. The van der Waals surface area contributed by atoms with Crippen LogP contribution in [0.15, 0.2) is 44.4 Å². The number of hydrogen-bond acceptors (Lipinski definition) is 3. The number of sulfonamides is 1. The average Bonchev–Trinajstić information content (AvgIpc) is 2.75. The van der Waals surface area contributed by atoms with Crippen LogP contribution in [0.4, 0.5) is 18.9 Å². The normalized spacial score (nSPS) is 12.4. The van der Waals surface area contributed by atoms with Crippen LogP contribution in [-0.2, 0) is 16.2 Å². The van der Waals surface area contributed by atoms with Crippen molar-refractivity contribution in [1.29, 1.82) is 0 Å². The molecule has 0 saturated heterocycles. The molecule has 0 radical (unpaired) electrons. The van der Waals surface area contributed by atoms with E-state index >= 15 is 0 Å². The van der Waals surface area contributed by atoms with Crippen molar-refractivity contribution in [3.8, 4) is 0 Å². The second-order valence-corrected chi connectivity index (χ2v) is 7.39. The van der Waals surface area contributed by atoms with Gasteiger partial charge in [-0.1, -0.05) is 6.07 Å². The van der Waals surface area contributed by atoms with Crippen LogP contribution < -0.4 is 4.72 Å². The van der Waals surface area contributed by atoms with Crippen LogP contribution in [-0.4, -0.2) is 8.42 Å². The molecule has 20 heavy (non-hydrogen) atoms. The molecule has 2 rings (SSSR count). The zero-order chi connectivity index (χ0) is 15.0. The molecular weight excluding hydrogens is 379 g/mol. The predicted molar refractivity (Wildman–Crippen MR) is 74.3 cm³/mol. The van der Waals surface area contributed by atoms with Crippen LogP contribution in [0, 0.1) is 0 Å². The maximum atomic E-state index is 12.6. The van der Waals surface area contributed by atoms with Crippen LogP contribution >= 0.6 is 27.3 Å². The smallest absolute Gasteiger partial charge is 0.279 e. The fraction of sp³-hybridized carbons (Fsp3) is 0.0909. The molecule has 2 aromatic rings. The molecule has 0 spiro atoms. The Labute approximate surface area is 125 Å². The molecule has 108 valence electrons. The highest BCUT2D eigenvalue weighted by Crippen LogP contribution is 2.32. The maximum Gasteiger partial charge on any atom is 0.416 e. The molecule has 0 saturated carbocycles. The Kier molecular flexibility index (Phi) is 4.12. The molecule has 0 unspecified atom stereocenters. The van der Waals surface area contributed by atoms with Crippen molar-refractivity contribution in [2.24, 2.45) is 0 Å². The zero-order valence-corrected chi connectivity index (χ0v) is 12.8. The third-order valence-corrected chi connectivity index (χ3v) is 6.32. The predicted octanol–water partition coefficient (Wildman–Crippen LogP) is 4.33. The summed E-state index contributed by atoms with van der Waals surface area (Å²) in [7, 11) is -3.91. The van der Waals surface area contributed by atoms with E-state index in [0.29, 0.717) is 4.47 Å². The molecule has 9 heteroatoms. The first-order chi connectivity index (χ1) is 9.20. The third kappa shape index (κ3) is 3.33. The van der Waals surface area contributed by atoms with Crippen LogP contribution in [0.1, 0.15) is 5.56 Å². The summed E-state index contributed by atoms with van der Waals surface area (Å²) in [5.74, 6) is 0. The largest absolute Gasteiger partial charge is 0.416 e. The number of anilines is 1. The van der Waals surface area contributed by atoms with Gasteiger partial charge in [0.2, 0.25) is 0 Å². The highest BCUT2D eigenvalue weighted by molar-refractivity contribution is 9.10. The van der Waals surface area contributed by atoms with Crippen molar-refractivity contribution in [2.45, 2.75) is 10.4 Å². The van der Waals surface area contributed by atoms with Gasteiger partial charge in [-0.05, 0) is 45.6 Å². The van der Waals surface area contributed by atoms with Gasteiger partial charge in [0, 0.05) is 10.2 Å². The Morgan fingerprint density at radius 1 is 1.20 bits per heavy atom. The van der Waals surface area contributed by atoms with Gasteiger partial charge in [0.15, 0.2) is 4.21 Å². The van der Waals surface area contributed by atoms with Gasteiger partial charge in [-0.2, -0.15) is 13.2 Å². The first-order valence-electron chi connectivity index (χ1n) is 5.13. The van der Waals surface area contributed by atoms with E-state index in [2.05, 4.69) is 20.7 Å². The van der Waals surface area contributed by atoms with E-state index < -0.39 is 21.8 Å². The Balaban J connectivity index is 2.34. The Bertz CT molecular complexity index is 725. The summed E-state index contributed by atoms with van der Waals surface area (Å²) >= 11 is 4.04. The number of benzene rings is 1. The lowest BCUT2D eigenvalue weighted by Gasteiger charge is -2.10. The van der Waals surface area contributed by atoms with Gasteiger partial charge in [0.05, 0.1) is 5.56 Å². The second kappa shape index (κ2) is 5.38. The third-order valence-electron chi connectivity index (χ3n) is 2.27. The van der Waals surface area contributed by atoms with Gasteiger partial charge >= 0.3 is 6.18 Å². The number of halogens is 4. The summed E-state index contributed by atoms with van der Waals surface area (Å²) < 4.78 is 64.2. The summed E-state index contributed by atoms with van der Waals surface area (Å²) in [4.78, 5) is 0. The number of nitrogens with one attached hydrogen (secondary N) is 1.